The molecule has 8 heteroatoms. The number of fused-ring (bicyclic) bond motifs is 1. The second-order valence-electron chi connectivity index (χ2n) is 2.62. The maximum Gasteiger partial charge on any atom is 0.298 e. The highest BCUT2D eigenvalue weighted by Crippen LogP contribution is 2.32. The second-order valence-corrected chi connectivity index (χ2v) is 5.43. The van der Waals surface area contributed by atoms with E-state index in [0.717, 1.165) is 18.6 Å². The first kappa shape index (κ1) is 10.7. The van der Waals surface area contributed by atoms with Gasteiger partial charge in [-0.2, -0.15) is 8.42 Å². The number of rotatable bonds is 2. The van der Waals surface area contributed by atoms with Gasteiger partial charge in [0.05, 0.1) is 16.8 Å². The van der Waals surface area contributed by atoms with Crippen LogP contribution in [0, 0.1) is 0 Å². The van der Waals surface area contributed by atoms with Crippen molar-refractivity contribution in [2.24, 2.45) is 0 Å². The summed E-state index contributed by atoms with van der Waals surface area (Å²) in [5.74, 6) is 0. The quantitative estimate of drug-likeness (QED) is 0.772. The van der Waals surface area contributed by atoms with Crippen LogP contribution in [-0.4, -0.2) is 25.1 Å². The van der Waals surface area contributed by atoms with Crippen molar-refractivity contribution in [1.82, 2.24) is 9.59 Å². The van der Waals surface area contributed by atoms with Gasteiger partial charge in [0.2, 0.25) is 0 Å². The Bertz CT molecular complexity index is 608. The molecule has 0 saturated heterocycles. The van der Waals surface area contributed by atoms with Crippen molar-refractivity contribution in [3.63, 3.8) is 0 Å². The average molecular weight is 265 g/mol. The summed E-state index contributed by atoms with van der Waals surface area (Å²) < 4.78 is 31.5. The first-order valence-corrected chi connectivity index (χ1v) is 6.33. The van der Waals surface area contributed by atoms with E-state index in [-0.39, 0.29) is 9.92 Å². The van der Waals surface area contributed by atoms with Crippen molar-refractivity contribution >= 4 is 43.5 Å². The molecule has 80 valence electrons. The predicted octanol–water partition coefficient (Wildman–Crippen LogP) is 1.68. The lowest BCUT2D eigenvalue weighted by atomic mass is 10.3. The molecule has 0 radical (unpaired) electrons. The molecule has 2 aromatic rings. The maximum absolute atomic E-state index is 11.4. The minimum atomic E-state index is -3.78. The van der Waals surface area contributed by atoms with Crippen molar-refractivity contribution in [3.05, 3.63) is 17.2 Å². The molecule has 0 bridgehead atoms. The zero-order valence-corrected chi connectivity index (χ0v) is 9.86. The standard InChI is InChI=1S/C7H5ClN2O3S2/c1-13-15(11,12)5-3-2-4-7(6(5)8)14-10-9-4/h2-3H,1H3. The minimum Gasteiger partial charge on any atom is -0.270 e. The number of hydrogen-bond donors (Lipinski definition) is 0. The van der Waals surface area contributed by atoms with Crippen molar-refractivity contribution in [2.45, 2.75) is 4.90 Å². The Morgan fingerprint density at radius 2 is 2.20 bits per heavy atom. The third kappa shape index (κ3) is 1.71. The molecule has 0 amide bonds. The summed E-state index contributed by atoms with van der Waals surface area (Å²) in [6.45, 7) is 0. The molecule has 1 aromatic heterocycles. The Labute approximate surface area is 94.9 Å². The van der Waals surface area contributed by atoms with Crippen LogP contribution in [0.4, 0.5) is 0 Å². The number of hydrogen-bond acceptors (Lipinski definition) is 6. The van der Waals surface area contributed by atoms with E-state index in [1.54, 1.807) is 0 Å². The van der Waals surface area contributed by atoms with Gasteiger partial charge in [0.1, 0.15) is 10.4 Å². The fraction of sp³-hybridized carbons (Fsp3) is 0.143. The van der Waals surface area contributed by atoms with Gasteiger partial charge in [-0.25, -0.2) is 0 Å². The fourth-order valence-corrected chi connectivity index (χ4v) is 3.03. The highest BCUT2D eigenvalue weighted by atomic mass is 35.5. The molecule has 0 aliphatic carbocycles. The van der Waals surface area contributed by atoms with Crippen LogP contribution in [0.2, 0.25) is 5.02 Å². The van der Waals surface area contributed by atoms with E-state index < -0.39 is 10.1 Å². The number of nitrogens with zero attached hydrogens (tertiary/aromatic N) is 2. The average Bonchev–Trinajstić information content (AvgIpc) is 2.66. The van der Waals surface area contributed by atoms with E-state index in [2.05, 4.69) is 13.8 Å². The van der Waals surface area contributed by atoms with E-state index in [9.17, 15) is 8.42 Å². The van der Waals surface area contributed by atoms with E-state index in [4.69, 9.17) is 11.6 Å². The molecular weight excluding hydrogens is 260 g/mol. The number of aromatic nitrogens is 2. The van der Waals surface area contributed by atoms with Gasteiger partial charge in [0.15, 0.2) is 0 Å². The third-order valence-corrected chi connectivity index (χ3v) is 4.50. The normalized spacial score (nSPS) is 12.1. The summed E-state index contributed by atoms with van der Waals surface area (Å²) in [7, 11) is -2.69. The SMILES string of the molecule is COS(=O)(=O)c1ccc2nnsc2c1Cl. The highest BCUT2D eigenvalue weighted by Gasteiger charge is 2.20. The van der Waals surface area contributed by atoms with Gasteiger partial charge in [0, 0.05) is 0 Å². The predicted molar refractivity (Wildman–Crippen MR) is 56.6 cm³/mol. The van der Waals surface area contributed by atoms with Crippen LogP contribution in [0.5, 0.6) is 0 Å². The fourth-order valence-electron chi connectivity index (χ4n) is 1.08. The topological polar surface area (TPSA) is 69.2 Å². The highest BCUT2D eigenvalue weighted by molar-refractivity contribution is 7.86. The molecule has 0 unspecified atom stereocenters. The van der Waals surface area contributed by atoms with E-state index >= 15 is 0 Å². The maximum atomic E-state index is 11.4. The van der Waals surface area contributed by atoms with Crippen LogP contribution in [0.15, 0.2) is 17.0 Å². The van der Waals surface area contributed by atoms with Crippen LogP contribution in [-0.2, 0) is 14.3 Å². The van der Waals surface area contributed by atoms with Crippen LogP contribution in [0.25, 0.3) is 10.2 Å². The molecule has 1 aromatic carbocycles. The monoisotopic (exact) mass is 264 g/mol. The molecule has 1 heterocycles. The summed E-state index contributed by atoms with van der Waals surface area (Å²) >= 11 is 6.96. The van der Waals surface area contributed by atoms with Gasteiger partial charge in [-0.15, -0.1) is 5.10 Å². The Kier molecular flexibility index (Phi) is 2.63. The van der Waals surface area contributed by atoms with Crippen LogP contribution in [0.3, 0.4) is 0 Å². The molecule has 0 spiro atoms. The third-order valence-electron chi connectivity index (χ3n) is 1.81. The second kappa shape index (κ2) is 3.67. The summed E-state index contributed by atoms with van der Waals surface area (Å²) in [6, 6.07) is 2.89. The Hall–Kier alpha value is -0.760. The van der Waals surface area contributed by atoms with Gasteiger partial charge in [-0.05, 0) is 23.7 Å². The van der Waals surface area contributed by atoms with Crippen molar-refractivity contribution in [1.29, 1.82) is 0 Å². The first-order chi connectivity index (χ1) is 7.06. The van der Waals surface area contributed by atoms with Crippen LogP contribution in [0.1, 0.15) is 0 Å². The lowest BCUT2D eigenvalue weighted by Gasteiger charge is -2.03. The minimum absolute atomic E-state index is 0.0646. The Balaban J connectivity index is 2.79. The molecule has 0 fully saturated rings. The molecule has 15 heavy (non-hydrogen) atoms. The molecule has 0 aliphatic rings. The zero-order chi connectivity index (χ0) is 11.1. The van der Waals surface area contributed by atoms with E-state index in [0.29, 0.717) is 10.2 Å². The Morgan fingerprint density at radius 3 is 2.87 bits per heavy atom. The number of benzene rings is 1. The molecule has 0 N–H and O–H groups in total. The van der Waals surface area contributed by atoms with Crippen molar-refractivity contribution in [2.75, 3.05) is 7.11 Å². The van der Waals surface area contributed by atoms with Crippen LogP contribution >= 0.6 is 23.1 Å². The summed E-state index contributed by atoms with van der Waals surface area (Å²) in [4.78, 5) is -0.0646. The lowest BCUT2D eigenvalue weighted by Crippen LogP contribution is -2.03. The first-order valence-electron chi connectivity index (χ1n) is 3.77. The summed E-state index contributed by atoms with van der Waals surface area (Å²) in [6.07, 6.45) is 0. The summed E-state index contributed by atoms with van der Waals surface area (Å²) in [5.41, 5.74) is 0.569. The van der Waals surface area contributed by atoms with Gasteiger partial charge in [-0.1, -0.05) is 16.1 Å². The molecule has 2 rings (SSSR count). The largest absolute Gasteiger partial charge is 0.298 e. The molecule has 0 atom stereocenters. The van der Waals surface area contributed by atoms with Crippen LogP contribution < -0.4 is 0 Å². The Morgan fingerprint density at radius 1 is 1.47 bits per heavy atom. The molecule has 5 nitrogen and oxygen atoms in total. The van der Waals surface area contributed by atoms with Gasteiger partial charge in [0.25, 0.3) is 10.1 Å². The smallest absolute Gasteiger partial charge is 0.270 e. The molecule has 0 aliphatic heterocycles. The molecule has 0 saturated carbocycles. The zero-order valence-electron chi connectivity index (χ0n) is 7.47. The number of halogens is 1. The molecular formula is C7H5ClN2O3S2. The van der Waals surface area contributed by atoms with Gasteiger partial charge < -0.3 is 0 Å². The van der Waals surface area contributed by atoms with Gasteiger partial charge >= 0.3 is 0 Å². The van der Waals surface area contributed by atoms with Gasteiger partial charge in [-0.3, -0.25) is 4.18 Å². The summed E-state index contributed by atoms with van der Waals surface area (Å²) in [5, 5.41) is 3.88. The van der Waals surface area contributed by atoms with E-state index in [1.807, 2.05) is 0 Å². The van der Waals surface area contributed by atoms with Crippen molar-refractivity contribution < 1.29 is 12.6 Å². The van der Waals surface area contributed by atoms with Crippen molar-refractivity contribution in [3.8, 4) is 0 Å². The lowest BCUT2D eigenvalue weighted by molar-refractivity contribution is 0.398. The van der Waals surface area contributed by atoms with E-state index in [1.165, 1.54) is 12.1 Å².